The van der Waals surface area contributed by atoms with Gasteiger partial charge in [0.05, 0.1) is 11.9 Å². The fraction of sp³-hybridized carbons (Fsp3) is 0.0870. The Labute approximate surface area is 168 Å². The normalized spacial score (nSPS) is 11.6. The molecule has 0 saturated heterocycles. The average molecular weight is 384 g/mol. The predicted molar refractivity (Wildman–Crippen MR) is 112 cm³/mol. The second-order valence-electron chi connectivity index (χ2n) is 6.51. The van der Waals surface area contributed by atoms with E-state index in [4.69, 9.17) is 4.74 Å². The minimum absolute atomic E-state index is 0.241. The Morgan fingerprint density at radius 1 is 1.00 bits per heavy atom. The molecular formula is C23H20N4O2. The number of amides is 1. The predicted octanol–water partition coefficient (Wildman–Crippen LogP) is 4.34. The van der Waals surface area contributed by atoms with Gasteiger partial charge in [0.2, 0.25) is 0 Å². The van der Waals surface area contributed by atoms with Crippen LogP contribution in [0.15, 0.2) is 91.6 Å². The molecule has 144 valence electrons. The van der Waals surface area contributed by atoms with Gasteiger partial charge in [0.25, 0.3) is 5.91 Å². The van der Waals surface area contributed by atoms with Crippen LogP contribution in [0.2, 0.25) is 0 Å². The molecule has 0 unspecified atom stereocenters. The average Bonchev–Trinajstić information content (AvgIpc) is 3.30. The first-order chi connectivity index (χ1) is 14.2. The molecule has 4 aromatic rings. The standard InChI is InChI=1S/C23H20N4O2/c1-17(29-21-10-7-19(8-11-21)18-5-3-2-4-6-18)23(28)26-20-9-12-22(25-15-20)27-14-13-24-16-27/h2-17H,1H3,(H,26,28)/t17-/m0/s1. The van der Waals surface area contributed by atoms with Crippen molar-refractivity contribution in [3.05, 3.63) is 91.6 Å². The first kappa shape index (κ1) is 18.4. The summed E-state index contributed by atoms with van der Waals surface area (Å²) in [5.74, 6) is 1.12. The molecule has 2 aromatic carbocycles. The highest BCUT2D eigenvalue weighted by Gasteiger charge is 2.15. The quantitative estimate of drug-likeness (QED) is 0.537. The number of hydrogen-bond acceptors (Lipinski definition) is 4. The van der Waals surface area contributed by atoms with Crippen molar-refractivity contribution in [2.45, 2.75) is 13.0 Å². The molecule has 0 bridgehead atoms. The van der Waals surface area contributed by atoms with Crippen molar-refractivity contribution in [3.63, 3.8) is 0 Å². The molecule has 6 heteroatoms. The van der Waals surface area contributed by atoms with Gasteiger partial charge in [-0.15, -0.1) is 0 Å². The van der Waals surface area contributed by atoms with Gasteiger partial charge in [-0.25, -0.2) is 9.97 Å². The van der Waals surface area contributed by atoms with Gasteiger partial charge in [-0.2, -0.15) is 0 Å². The van der Waals surface area contributed by atoms with Gasteiger partial charge >= 0.3 is 0 Å². The van der Waals surface area contributed by atoms with Crippen LogP contribution in [0.25, 0.3) is 16.9 Å². The van der Waals surface area contributed by atoms with E-state index < -0.39 is 6.10 Å². The van der Waals surface area contributed by atoms with Crippen LogP contribution in [0, 0.1) is 0 Å². The number of benzene rings is 2. The van der Waals surface area contributed by atoms with Crippen LogP contribution in [0.3, 0.4) is 0 Å². The van der Waals surface area contributed by atoms with E-state index in [1.165, 1.54) is 0 Å². The fourth-order valence-electron chi connectivity index (χ4n) is 2.87. The topological polar surface area (TPSA) is 69.0 Å². The maximum absolute atomic E-state index is 12.4. The van der Waals surface area contributed by atoms with E-state index in [0.717, 1.165) is 16.9 Å². The van der Waals surface area contributed by atoms with Crippen molar-refractivity contribution in [2.24, 2.45) is 0 Å². The molecule has 2 aromatic heterocycles. The maximum Gasteiger partial charge on any atom is 0.265 e. The Morgan fingerprint density at radius 3 is 2.41 bits per heavy atom. The number of nitrogens with one attached hydrogen (secondary N) is 1. The molecule has 2 heterocycles. The summed E-state index contributed by atoms with van der Waals surface area (Å²) in [4.78, 5) is 20.8. The van der Waals surface area contributed by atoms with Crippen LogP contribution >= 0.6 is 0 Å². The summed E-state index contributed by atoms with van der Waals surface area (Å²) < 4.78 is 7.57. The first-order valence-electron chi connectivity index (χ1n) is 9.26. The molecule has 0 radical (unpaired) electrons. The Hall–Kier alpha value is -3.93. The summed E-state index contributed by atoms with van der Waals surface area (Å²) in [5, 5.41) is 2.82. The molecule has 4 rings (SSSR count). The third kappa shape index (κ3) is 4.50. The van der Waals surface area contributed by atoms with Crippen LogP contribution in [0.4, 0.5) is 5.69 Å². The van der Waals surface area contributed by atoms with Gasteiger partial charge in [-0.1, -0.05) is 42.5 Å². The minimum Gasteiger partial charge on any atom is -0.481 e. The third-order valence-electron chi connectivity index (χ3n) is 4.43. The van der Waals surface area contributed by atoms with Crippen molar-refractivity contribution in [2.75, 3.05) is 5.32 Å². The number of nitrogens with zero attached hydrogens (tertiary/aromatic N) is 3. The highest BCUT2D eigenvalue weighted by molar-refractivity contribution is 5.94. The molecule has 0 aliphatic rings. The van der Waals surface area contributed by atoms with E-state index >= 15 is 0 Å². The maximum atomic E-state index is 12.4. The molecule has 0 aliphatic carbocycles. The van der Waals surface area contributed by atoms with Gasteiger partial charge in [-0.05, 0) is 42.3 Å². The highest BCUT2D eigenvalue weighted by atomic mass is 16.5. The van der Waals surface area contributed by atoms with Crippen LogP contribution in [-0.4, -0.2) is 26.5 Å². The number of hydrogen-bond donors (Lipinski definition) is 1. The molecule has 0 saturated carbocycles. The van der Waals surface area contributed by atoms with Gasteiger partial charge in [0.1, 0.15) is 17.9 Å². The van der Waals surface area contributed by atoms with Crippen molar-refractivity contribution in [1.82, 2.24) is 14.5 Å². The zero-order valence-electron chi connectivity index (χ0n) is 15.9. The molecule has 6 nitrogen and oxygen atoms in total. The summed E-state index contributed by atoms with van der Waals surface area (Å²) in [6.07, 6.45) is 6.11. The van der Waals surface area contributed by atoms with Crippen molar-refractivity contribution >= 4 is 11.6 Å². The summed E-state index contributed by atoms with van der Waals surface area (Å²) in [6, 6.07) is 21.4. The van der Waals surface area contributed by atoms with Crippen LogP contribution in [-0.2, 0) is 4.79 Å². The Bertz CT molecular complexity index is 1060. The van der Waals surface area contributed by atoms with Crippen molar-refractivity contribution < 1.29 is 9.53 Å². The molecule has 1 atom stereocenters. The van der Waals surface area contributed by atoms with E-state index in [2.05, 4.69) is 27.4 Å². The largest absolute Gasteiger partial charge is 0.481 e. The van der Waals surface area contributed by atoms with E-state index in [-0.39, 0.29) is 5.91 Å². The number of ether oxygens (including phenoxy) is 1. The van der Waals surface area contributed by atoms with Crippen molar-refractivity contribution in [1.29, 1.82) is 0 Å². The number of rotatable bonds is 6. The van der Waals surface area contributed by atoms with E-state index in [1.807, 2.05) is 48.5 Å². The van der Waals surface area contributed by atoms with E-state index in [0.29, 0.717) is 11.4 Å². The molecule has 0 fully saturated rings. The Morgan fingerprint density at radius 2 is 1.76 bits per heavy atom. The van der Waals surface area contributed by atoms with Crippen molar-refractivity contribution in [3.8, 4) is 22.7 Å². The lowest BCUT2D eigenvalue weighted by Crippen LogP contribution is -2.30. The number of carbonyl (C=O) groups is 1. The number of imidazole rings is 1. The Kier molecular flexibility index (Phi) is 5.33. The smallest absolute Gasteiger partial charge is 0.265 e. The summed E-state index contributed by atoms with van der Waals surface area (Å²) in [7, 11) is 0. The zero-order chi connectivity index (χ0) is 20.1. The number of carbonyl (C=O) groups excluding carboxylic acids is 1. The van der Waals surface area contributed by atoms with Crippen LogP contribution in [0.1, 0.15) is 6.92 Å². The fourth-order valence-corrected chi connectivity index (χ4v) is 2.87. The van der Waals surface area contributed by atoms with Gasteiger partial charge in [-0.3, -0.25) is 9.36 Å². The van der Waals surface area contributed by atoms with Gasteiger partial charge in [0.15, 0.2) is 6.10 Å². The van der Waals surface area contributed by atoms with Gasteiger partial charge < -0.3 is 10.1 Å². The zero-order valence-corrected chi connectivity index (χ0v) is 15.9. The van der Waals surface area contributed by atoms with Gasteiger partial charge in [0, 0.05) is 12.4 Å². The molecule has 1 N–H and O–H groups in total. The summed E-state index contributed by atoms with van der Waals surface area (Å²) in [5.41, 5.74) is 2.84. The molecule has 0 spiro atoms. The molecule has 29 heavy (non-hydrogen) atoms. The molecule has 1 amide bonds. The van der Waals surface area contributed by atoms with E-state index in [1.54, 1.807) is 42.5 Å². The lowest BCUT2D eigenvalue weighted by Gasteiger charge is -2.15. The summed E-state index contributed by atoms with van der Waals surface area (Å²) in [6.45, 7) is 1.72. The third-order valence-corrected chi connectivity index (χ3v) is 4.43. The number of pyridine rings is 1. The number of aromatic nitrogens is 3. The highest BCUT2D eigenvalue weighted by Crippen LogP contribution is 2.22. The second-order valence-corrected chi connectivity index (χ2v) is 6.51. The molecule has 0 aliphatic heterocycles. The lowest BCUT2D eigenvalue weighted by atomic mass is 10.1. The minimum atomic E-state index is -0.647. The van der Waals surface area contributed by atoms with Crippen LogP contribution in [0.5, 0.6) is 5.75 Å². The monoisotopic (exact) mass is 384 g/mol. The molecular weight excluding hydrogens is 364 g/mol. The Balaban J connectivity index is 1.36. The summed E-state index contributed by atoms with van der Waals surface area (Å²) >= 11 is 0. The second kappa shape index (κ2) is 8.39. The van der Waals surface area contributed by atoms with E-state index in [9.17, 15) is 4.79 Å². The first-order valence-corrected chi connectivity index (χ1v) is 9.26. The number of anilines is 1. The SMILES string of the molecule is C[C@H](Oc1ccc(-c2ccccc2)cc1)C(=O)Nc1ccc(-n2ccnc2)nc1. The lowest BCUT2D eigenvalue weighted by molar-refractivity contribution is -0.122. The van der Waals surface area contributed by atoms with Crippen LogP contribution < -0.4 is 10.1 Å².